The monoisotopic (exact) mass is 234 g/mol. The highest BCUT2D eigenvalue weighted by Crippen LogP contribution is 2.17. The molecular weight excluding hydrogens is 220 g/mol. The molecule has 2 N–H and O–H groups in total. The third kappa shape index (κ3) is 2.81. The second-order valence-electron chi connectivity index (χ2n) is 3.53. The Balaban J connectivity index is 1.96. The van der Waals surface area contributed by atoms with Crippen LogP contribution in [-0.2, 0) is 13.2 Å². The molecule has 0 aliphatic rings. The van der Waals surface area contributed by atoms with Crippen molar-refractivity contribution in [2.45, 2.75) is 20.1 Å². The van der Waals surface area contributed by atoms with Gasteiger partial charge in [-0.05, 0) is 24.6 Å². The molecule has 0 unspecified atom stereocenters. The zero-order chi connectivity index (χ0) is 11.4. The van der Waals surface area contributed by atoms with Gasteiger partial charge in [0.25, 0.3) is 0 Å². The second-order valence-corrected chi connectivity index (χ2v) is 4.73. The summed E-state index contributed by atoms with van der Waals surface area (Å²) in [5, 5.41) is 0.960. The smallest absolute Gasteiger partial charge is 0.140 e. The second kappa shape index (κ2) is 5.09. The fourth-order valence-corrected chi connectivity index (χ4v) is 2.07. The van der Waals surface area contributed by atoms with Crippen LogP contribution in [0.15, 0.2) is 30.5 Å². The van der Waals surface area contributed by atoms with Crippen molar-refractivity contribution in [3.63, 3.8) is 0 Å². The van der Waals surface area contributed by atoms with Gasteiger partial charge in [-0.15, -0.1) is 11.3 Å². The van der Waals surface area contributed by atoms with E-state index in [9.17, 15) is 0 Å². The summed E-state index contributed by atoms with van der Waals surface area (Å²) < 4.78 is 5.64. The molecule has 0 radical (unpaired) electrons. The van der Waals surface area contributed by atoms with Gasteiger partial charge in [0.05, 0.1) is 0 Å². The first-order valence-electron chi connectivity index (χ1n) is 5.11. The van der Waals surface area contributed by atoms with Crippen molar-refractivity contribution in [1.82, 2.24) is 4.98 Å². The number of nitrogens with two attached hydrogens (primary N) is 1. The van der Waals surface area contributed by atoms with Crippen LogP contribution in [-0.4, -0.2) is 4.98 Å². The summed E-state index contributed by atoms with van der Waals surface area (Å²) in [5.74, 6) is 0.879. The largest absolute Gasteiger partial charge is 0.486 e. The molecule has 4 heteroatoms. The first-order valence-corrected chi connectivity index (χ1v) is 5.92. The van der Waals surface area contributed by atoms with Gasteiger partial charge >= 0.3 is 0 Å². The van der Waals surface area contributed by atoms with E-state index in [1.807, 2.05) is 31.2 Å². The Labute approximate surface area is 98.9 Å². The highest BCUT2D eigenvalue weighted by molar-refractivity contribution is 7.11. The molecule has 0 amide bonds. The van der Waals surface area contributed by atoms with Crippen LogP contribution in [0.1, 0.15) is 15.4 Å². The molecule has 2 rings (SSSR count). The maximum Gasteiger partial charge on any atom is 0.140 e. The van der Waals surface area contributed by atoms with Crippen LogP contribution < -0.4 is 10.5 Å². The molecule has 0 bridgehead atoms. The summed E-state index contributed by atoms with van der Waals surface area (Å²) in [6.07, 6.45) is 1.81. The summed E-state index contributed by atoms with van der Waals surface area (Å²) in [6.45, 7) is 3.10. The standard InChI is InChI=1S/C12H14N2OS/c1-9-3-2-4-10(5-9)15-8-12-14-7-11(6-13)16-12/h2-5,7H,6,8,13H2,1H3. The Morgan fingerprint density at radius 1 is 1.44 bits per heavy atom. The molecule has 0 spiro atoms. The summed E-state index contributed by atoms with van der Waals surface area (Å²) in [7, 11) is 0. The van der Waals surface area contributed by atoms with Crippen molar-refractivity contribution in [2.75, 3.05) is 0 Å². The Hall–Kier alpha value is -1.39. The minimum atomic E-state index is 0.508. The number of nitrogens with zero attached hydrogens (tertiary/aromatic N) is 1. The average molecular weight is 234 g/mol. The molecule has 2 aromatic rings. The number of aryl methyl sites for hydroxylation is 1. The quantitative estimate of drug-likeness (QED) is 0.884. The van der Waals surface area contributed by atoms with Crippen LogP contribution in [0.2, 0.25) is 0 Å². The zero-order valence-electron chi connectivity index (χ0n) is 9.14. The molecule has 84 valence electrons. The van der Waals surface area contributed by atoms with Gasteiger partial charge in [-0.3, -0.25) is 0 Å². The molecule has 3 nitrogen and oxygen atoms in total. The number of hydrogen-bond donors (Lipinski definition) is 1. The van der Waals surface area contributed by atoms with E-state index in [4.69, 9.17) is 10.5 Å². The first kappa shape index (κ1) is 11.1. The van der Waals surface area contributed by atoms with Crippen molar-refractivity contribution >= 4 is 11.3 Å². The summed E-state index contributed by atoms with van der Waals surface area (Å²) >= 11 is 1.60. The van der Waals surface area contributed by atoms with Crippen molar-refractivity contribution in [2.24, 2.45) is 5.73 Å². The van der Waals surface area contributed by atoms with Crippen LogP contribution in [0.3, 0.4) is 0 Å². The van der Waals surface area contributed by atoms with E-state index < -0.39 is 0 Å². The molecule has 0 atom stereocenters. The predicted octanol–water partition coefficient (Wildman–Crippen LogP) is 2.49. The van der Waals surface area contributed by atoms with Gasteiger partial charge in [0.2, 0.25) is 0 Å². The van der Waals surface area contributed by atoms with E-state index in [-0.39, 0.29) is 0 Å². The summed E-state index contributed by atoms with van der Waals surface area (Å²) in [5.41, 5.74) is 6.71. The fraction of sp³-hybridized carbons (Fsp3) is 0.250. The Bertz CT molecular complexity index is 468. The lowest BCUT2D eigenvalue weighted by Crippen LogP contribution is -1.94. The van der Waals surface area contributed by atoms with Crippen LogP contribution in [0.5, 0.6) is 5.75 Å². The SMILES string of the molecule is Cc1cccc(OCc2ncc(CN)s2)c1. The molecule has 0 fully saturated rings. The lowest BCUT2D eigenvalue weighted by molar-refractivity contribution is 0.305. The van der Waals surface area contributed by atoms with E-state index in [1.54, 1.807) is 17.5 Å². The number of aromatic nitrogens is 1. The number of rotatable bonds is 4. The number of benzene rings is 1. The van der Waals surface area contributed by atoms with E-state index in [0.29, 0.717) is 13.2 Å². The number of ether oxygens (including phenoxy) is 1. The minimum absolute atomic E-state index is 0.508. The van der Waals surface area contributed by atoms with Gasteiger partial charge < -0.3 is 10.5 Å². The maximum absolute atomic E-state index is 5.64. The Morgan fingerprint density at radius 3 is 3.00 bits per heavy atom. The van der Waals surface area contributed by atoms with Crippen LogP contribution in [0.4, 0.5) is 0 Å². The number of thiazole rings is 1. The Morgan fingerprint density at radius 2 is 2.31 bits per heavy atom. The maximum atomic E-state index is 5.64. The van der Waals surface area contributed by atoms with Gasteiger partial charge in [0.15, 0.2) is 0 Å². The molecule has 0 saturated heterocycles. The lowest BCUT2D eigenvalue weighted by atomic mass is 10.2. The normalized spacial score (nSPS) is 10.4. The van der Waals surface area contributed by atoms with Gasteiger partial charge in [0, 0.05) is 17.6 Å². The molecule has 0 aliphatic carbocycles. The van der Waals surface area contributed by atoms with Crippen molar-refractivity contribution in [1.29, 1.82) is 0 Å². The predicted molar refractivity (Wildman–Crippen MR) is 65.5 cm³/mol. The third-order valence-electron chi connectivity index (χ3n) is 2.15. The van der Waals surface area contributed by atoms with Crippen molar-refractivity contribution in [3.05, 3.63) is 45.9 Å². The fourth-order valence-electron chi connectivity index (χ4n) is 1.36. The average Bonchev–Trinajstić information content (AvgIpc) is 2.74. The van der Waals surface area contributed by atoms with Crippen LogP contribution in [0.25, 0.3) is 0 Å². The summed E-state index contributed by atoms with van der Waals surface area (Å²) in [6, 6.07) is 7.99. The first-order chi connectivity index (χ1) is 7.78. The zero-order valence-corrected chi connectivity index (χ0v) is 9.96. The molecule has 1 aromatic heterocycles. The van der Waals surface area contributed by atoms with E-state index in [0.717, 1.165) is 15.6 Å². The van der Waals surface area contributed by atoms with Crippen molar-refractivity contribution < 1.29 is 4.74 Å². The van der Waals surface area contributed by atoms with E-state index in [2.05, 4.69) is 4.98 Å². The molecule has 1 aromatic carbocycles. The van der Waals surface area contributed by atoms with Crippen LogP contribution in [0, 0.1) is 6.92 Å². The number of hydrogen-bond acceptors (Lipinski definition) is 4. The van der Waals surface area contributed by atoms with E-state index >= 15 is 0 Å². The van der Waals surface area contributed by atoms with Gasteiger partial charge in [-0.25, -0.2) is 4.98 Å². The minimum Gasteiger partial charge on any atom is -0.486 e. The van der Waals surface area contributed by atoms with Gasteiger partial charge in [-0.2, -0.15) is 0 Å². The van der Waals surface area contributed by atoms with Crippen LogP contribution >= 0.6 is 11.3 Å². The summed E-state index contributed by atoms with van der Waals surface area (Å²) in [4.78, 5) is 5.32. The van der Waals surface area contributed by atoms with Crippen molar-refractivity contribution in [3.8, 4) is 5.75 Å². The molecule has 0 saturated carbocycles. The molecule has 0 aliphatic heterocycles. The van der Waals surface area contributed by atoms with Gasteiger partial charge in [-0.1, -0.05) is 12.1 Å². The highest BCUT2D eigenvalue weighted by Gasteiger charge is 2.01. The lowest BCUT2D eigenvalue weighted by Gasteiger charge is -2.04. The third-order valence-corrected chi connectivity index (χ3v) is 3.15. The highest BCUT2D eigenvalue weighted by atomic mass is 32.1. The molecular formula is C12H14N2OS. The van der Waals surface area contributed by atoms with E-state index in [1.165, 1.54) is 5.56 Å². The molecule has 1 heterocycles. The Kier molecular flexibility index (Phi) is 3.54. The van der Waals surface area contributed by atoms with Gasteiger partial charge in [0.1, 0.15) is 17.4 Å². The topological polar surface area (TPSA) is 48.1 Å². The molecule has 16 heavy (non-hydrogen) atoms.